The van der Waals surface area contributed by atoms with Gasteiger partial charge in [0.15, 0.2) is 45.7 Å². The van der Waals surface area contributed by atoms with Gasteiger partial charge in [0.2, 0.25) is 12.1 Å². The quantitative estimate of drug-likeness (QED) is 0.218. The predicted octanol–water partition coefficient (Wildman–Crippen LogP) is 1.49. The largest absolute Gasteiger partial charge is 0.389 e. The first kappa shape index (κ1) is 30.5. The molecule has 0 aromatic heterocycles. The summed E-state index contributed by atoms with van der Waals surface area (Å²) in [6, 6.07) is 0. The minimum atomic E-state index is -2.96. The predicted molar refractivity (Wildman–Crippen MR) is 129 cm³/mol. The zero-order valence-corrected chi connectivity index (χ0v) is 25.5. The van der Waals surface area contributed by atoms with Crippen molar-refractivity contribution in [2.24, 2.45) is 0 Å². The van der Waals surface area contributed by atoms with E-state index in [2.05, 4.69) is 0 Å². The summed E-state index contributed by atoms with van der Waals surface area (Å²) < 4.78 is 29.6. The second-order valence-electron chi connectivity index (χ2n) is 12.2. The van der Waals surface area contributed by atoms with Crippen molar-refractivity contribution in [2.75, 3.05) is 0 Å². The lowest BCUT2D eigenvalue weighted by atomic mass is 9.87. The van der Waals surface area contributed by atoms with Gasteiger partial charge in [-0.05, 0) is 78.6 Å². The standard InChI is InChI=1S/C18H44O10Si4/c1-29(2,3)25-15(21)17(27-31(7,8)9)18(23,28-32(10,11)12)16(22,26-30(4,5)6)13(19)14(20)24-17/h13-15,19-23H,1-12H3/t13-,14?,15?,16-,17-,18+/m0/s1. The Labute approximate surface area is 195 Å². The minimum absolute atomic E-state index is 1.73. The molecule has 0 saturated carbocycles. The summed E-state index contributed by atoms with van der Waals surface area (Å²) in [7, 11) is -10.7. The first-order valence-electron chi connectivity index (χ1n) is 10.7. The molecule has 0 bridgehead atoms. The van der Waals surface area contributed by atoms with Gasteiger partial charge in [-0.1, -0.05) is 0 Å². The van der Waals surface area contributed by atoms with Gasteiger partial charge >= 0.3 is 0 Å². The lowest BCUT2D eigenvalue weighted by Gasteiger charge is -2.62. The Bertz CT molecular complexity index is 640. The third-order valence-corrected chi connectivity index (χ3v) is 7.77. The van der Waals surface area contributed by atoms with E-state index >= 15 is 0 Å². The van der Waals surface area contributed by atoms with E-state index in [1.54, 1.807) is 78.6 Å². The van der Waals surface area contributed by atoms with Crippen LogP contribution in [0, 0.1) is 0 Å². The van der Waals surface area contributed by atoms with Crippen LogP contribution in [0.15, 0.2) is 0 Å². The van der Waals surface area contributed by atoms with Crippen LogP contribution in [0.4, 0.5) is 0 Å². The van der Waals surface area contributed by atoms with Crippen molar-refractivity contribution in [2.45, 2.75) is 115 Å². The van der Waals surface area contributed by atoms with Crippen molar-refractivity contribution in [1.29, 1.82) is 0 Å². The van der Waals surface area contributed by atoms with Crippen LogP contribution in [-0.4, -0.2) is 94.8 Å². The molecular weight excluding hydrogens is 489 g/mol. The molecule has 0 aliphatic carbocycles. The van der Waals surface area contributed by atoms with Gasteiger partial charge in [0.25, 0.3) is 11.6 Å². The van der Waals surface area contributed by atoms with Crippen molar-refractivity contribution in [3.63, 3.8) is 0 Å². The highest BCUT2D eigenvalue weighted by molar-refractivity contribution is 6.71. The molecule has 6 atom stereocenters. The molecule has 2 unspecified atom stereocenters. The lowest BCUT2D eigenvalue weighted by Crippen LogP contribution is -2.86. The van der Waals surface area contributed by atoms with Crippen molar-refractivity contribution in [3.8, 4) is 0 Å². The average molecular weight is 533 g/mol. The number of rotatable bonds is 9. The summed E-state index contributed by atoms with van der Waals surface area (Å²) in [6.45, 7) is 21.1. The zero-order valence-electron chi connectivity index (χ0n) is 21.5. The Morgan fingerprint density at radius 1 is 0.688 bits per heavy atom. The summed E-state index contributed by atoms with van der Waals surface area (Å²) in [5.74, 6) is -8.48. The summed E-state index contributed by atoms with van der Waals surface area (Å²) in [4.78, 5) is 0. The number of hydrogen-bond acceptors (Lipinski definition) is 10. The van der Waals surface area contributed by atoms with Gasteiger partial charge < -0.3 is 48.0 Å². The van der Waals surface area contributed by atoms with Crippen LogP contribution in [0.3, 0.4) is 0 Å². The van der Waals surface area contributed by atoms with Crippen molar-refractivity contribution >= 4 is 33.3 Å². The van der Waals surface area contributed by atoms with Gasteiger partial charge in [0, 0.05) is 0 Å². The normalized spacial score (nSPS) is 36.3. The monoisotopic (exact) mass is 532 g/mol. The van der Waals surface area contributed by atoms with E-state index in [-0.39, 0.29) is 0 Å². The Morgan fingerprint density at radius 3 is 1.44 bits per heavy atom. The van der Waals surface area contributed by atoms with E-state index in [1.807, 2.05) is 0 Å². The van der Waals surface area contributed by atoms with Crippen LogP contribution < -0.4 is 0 Å². The molecule has 1 heterocycles. The second-order valence-corrected chi connectivity index (χ2v) is 29.9. The first-order valence-corrected chi connectivity index (χ1v) is 24.4. The lowest BCUT2D eigenvalue weighted by molar-refractivity contribution is -0.537. The fourth-order valence-electron chi connectivity index (χ4n) is 3.39. The van der Waals surface area contributed by atoms with E-state index in [4.69, 9.17) is 22.4 Å². The highest BCUT2D eigenvalue weighted by atomic mass is 28.4. The highest BCUT2D eigenvalue weighted by Gasteiger charge is 2.79. The fraction of sp³-hybridized carbons (Fsp3) is 1.00. The molecule has 1 rings (SSSR count). The van der Waals surface area contributed by atoms with E-state index in [9.17, 15) is 25.5 Å². The molecule has 1 fully saturated rings. The molecule has 192 valence electrons. The van der Waals surface area contributed by atoms with E-state index in [0.29, 0.717) is 0 Å². The van der Waals surface area contributed by atoms with Gasteiger partial charge in [-0.2, -0.15) is 0 Å². The first-order chi connectivity index (χ1) is 13.8. The molecule has 0 aromatic carbocycles. The Morgan fingerprint density at radius 2 is 1.09 bits per heavy atom. The maximum Gasteiger partial charge on any atom is 0.274 e. The van der Waals surface area contributed by atoms with Crippen LogP contribution >= 0.6 is 0 Å². The van der Waals surface area contributed by atoms with E-state index < -0.39 is 69.3 Å². The van der Waals surface area contributed by atoms with E-state index in [0.717, 1.165) is 0 Å². The van der Waals surface area contributed by atoms with Gasteiger partial charge in [0.05, 0.1) is 0 Å². The van der Waals surface area contributed by atoms with Gasteiger partial charge in [-0.25, -0.2) is 0 Å². The summed E-state index contributed by atoms with van der Waals surface area (Å²) in [5.41, 5.74) is 0. The van der Waals surface area contributed by atoms with Crippen molar-refractivity contribution < 1.29 is 48.0 Å². The van der Waals surface area contributed by atoms with Crippen LogP contribution in [0.5, 0.6) is 0 Å². The topological polar surface area (TPSA) is 147 Å². The number of ether oxygens (including phenoxy) is 1. The molecule has 0 spiro atoms. The second kappa shape index (κ2) is 9.16. The molecule has 10 nitrogen and oxygen atoms in total. The highest BCUT2D eigenvalue weighted by Crippen LogP contribution is 2.51. The number of aliphatic hydroxyl groups is 5. The summed E-state index contributed by atoms with van der Waals surface area (Å²) in [6.07, 6.45) is -6.20. The number of aliphatic hydroxyl groups excluding tert-OH is 3. The van der Waals surface area contributed by atoms with Gasteiger partial charge in [-0.3, -0.25) is 0 Å². The number of hydrogen-bond donors (Lipinski definition) is 5. The Balaban J connectivity index is 3.99. The molecule has 1 aliphatic heterocycles. The molecule has 5 N–H and O–H groups in total. The van der Waals surface area contributed by atoms with Crippen molar-refractivity contribution in [3.05, 3.63) is 0 Å². The molecule has 0 radical (unpaired) electrons. The molecule has 0 aromatic rings. The Hall–Kier alpha value is 0.468. The molecular formula is C18H44O10Si4. The van der Waals surface area contributed by atoms with Crippen LogP contribution in [0.25, 0.3) is 0 Å². The molecule has 0 amide bonds. The maximum atomic E-state index is 12.2. The fourth-order valence-corrected chi connectivity index (χ4v) is 7.78. The average Bonchev–Trinajstić information content (AvgIpc) is 2.45. The maximum absolute atomic E-state index is 12.2. The summed E-state index contributed by atoms with van der Waals surface area (Å²) in [5, 5.41) is 56.7. The molecule has 14 heteroatoms. The van der Waals surface area contributed by atoms with Crippen molar-refractivity contribution in [1.82, 2.24) is 0 Å². The third-order valence-electron chi connectivity index (χ3n) is 4.09. The molecule has 1 saturated heterocycles. The van der Waals surface area contributed by atoms with E-state index in [1.165, 1.54) is 0 Å². The van der Waals surface area contributed by atoms with Crippen LogP contribution in [-0.2, 0) is 22.4 Å². The smallest absolute Gasteiger partial charge is 0.274 e. The zero-order chi connectivity index (χ0) is 25.8. The van der Waals surface area contributed by atoms with Crippen LogP contribution in [0.2, 0.25) is 78.6 Å². The van der Waals surface area contributed by atoms with Gasteiger partial charge in [-0.15, -0.1) is 0 Å². The SMILES string of the molecule is C[Si](C)(C)OC(O)[C@@]1(O[Si](C)(C)C)OC(O)[C@H](O)[C@](O)(O[Si](C)(C)C)[C@@]1(O)O[Si](C)(C)C. The molecule has 32 heavy (non-hydrogen) atoms. The van der Waals surface area contributed by atoms with Gasteiger partial charge in [0.1, 0.15) is 0 Å². The minimum Gasteiger partial charge on any atom is -0.389 e. The summed E-state index contributed by atoms with van der Waals surface area (Å²) >= 11 is 0. The third kappa shape index (κ3) is 6.78. The Kier molecular flexibility index (Phi) is 8.73. The van der Waals surface area contributed by atoms with Crippen LogP contribution in [0.1, 0.15) is 0 Å². The molecule has 1 aliphatic rings.